The Kier molecular flexibility index (Phi) is 10.7. The molecule has 14 heteroatoms. The van der Waals surface area contributed by atoms with Crippen LogP contribution in [0.2, 0.25) is 0 Å². The van der Waals surface area contributed by atoms with Crippen molar-refractivity contribution in [1.82, 2.24) is 14.8 Å². The summed E-state index contributed by atoms with van der Waals surface area (Å²) in [6.45, 7) is 6.24. The number of nitrogens with zero attached hydrogens (tertiary/aromatic N) is 2. The normalized spacial score (nSPS) is 16.2. The summed E-state index contributed by atoms with van der Waals surface area (Å²) in [5.74, 6) is -2.82. The standard InChI is InChI=1S/C35H31F6N3O3.C2H4O2/c1-18-8-19(2)31-22-10-20(3)32(38)23(11-22)14-42-34(46)33(26-12-25(4-5-28(26)37)47-29(31)9-18)44-15-21(6-7-43-16-24(36)17-43)27(13-30(44)45)35(39,40)41;1-2(3)4/h4-5,8-13,15,24,33H,6-7,14,16-17H2,1-3H3,(H,42,46);1H3,(H,3,4). The number of carbonyl (C=O) groups excluding carboxylic acids is 1. The lowest BCUT2D eigenvalue weighted by molar-refractivity contribution is -0.138. The Bertz CT molecular complexity index is 2050. The number of ether oxygens (including phenoxy) is 1. The first kappa shape index (κ1) is 37.2. The van der Waals surface area contributed by atoms with Gasteiger partial charge in [0.1, 0.15) is 35.3 Å². The molecule has 0 saturated carbocycles. The second-order valence-electron chi connectivity index (χ2n) is 12.7. The summed E-state index contributed by atoms with van der Waals surface area (Å²) in [5, 5.41) is 9.99. The minimum absolute atomic E-state index is 0.0729. The van der Waals surface area contributed by atoms with Crippen LogP contribution in [0.3, 0.4) is 0 Å². The molecule has 6 rings (SSSR count). The maximum atomic E-state index is 15.7. The number of halogens is 6. The number of carbonyl (C=O) groups is 2. The second kappa shape index (κ2) is 14.6. The van der Waals surface area contributed by atoms with Crippen molar-refractivity contribution in [2.75, 3.05) is 19.6 Å². The van der Waals surface area contributed by atoms with Gasteiger partial charge in [0.05, 0.1) is 5.56 Å². The first-order valence-electron chi connectivity index (χ1n) is 16.0. The molecule has 1 unspecified atom stereocenters. The smallest absolute Gasteiger partial charge is 0.416 e. The van der Waals surface area contributed by atoms with Crippen LogP contribution < -0.4 is 15.6 Å². The van der Waals surface area contributed by atoms with Gasteiger partial charge in [-0.2, -0.15) is 13.2 Å². The molecule has 0 aliphatic carbocycles. The fourth-order valence-corrected chi connectivity index (χ4v) is 6.34. The minimum Gasteiger partial charge on any atom is -0.481 e. The van der Waals surface area contributed by atoms with E-state index in [1.165, 1.54) is 12.1 Å². The van der Waals surface area contributed by atoms with Gasteiger partial charge < -0.3 is 15.2 Å². The molecule has 1 atom stereocenters. The zero-order valence-electron chi connectivity index (χ0n) is 28.1. The van der Waals surface area contributed by atoms with Crippen LogP contribution in [-0.4, -0.2) is 52.3 Å². The minimum atomic E-state index is -4.90. The molecule has 8 nitrogen and oxygen atoms in total. The zero-order chi connectivity index (χ0) is 37.4. The fourth-order valence-electron chi connectivity index (χ4n) is 6.34. The molecule has 2 aliphatic heterocycles. The summed E-state index contributed by atoms with van der Waals surface area (Å²) in [6.07, 6.45) is -5.28. The number of aliphatic carboxylic acids is 1. The highest BCUT2D eigenvalue weighted by Gasteiger charge is 2.37. The molecule has 1 amide bonds. The van der Waals surface area contributed by atoms with Gasteiger partial charge in [-0.05, 0) is 91.4 Å². The Hall–Kier alpha value is -5.11. The Morgan fingerprint density at radius 3 is 2.33 bits per heavy atom. The van der Waals surface area contributed by atoms with E-state index >= 15 is 8.78 Å². The number of aromatic nitrogens is 1. The highest BCUT2D eigenvalue weighted by Crippen LogP contribution is 2.40. The van der Waals surface area contributed by atoms with E-state index in [-0.39, 0.29) is 55.0 Å². The first-order valence-corrected chi connectivity index (χ1v) is 16.0. The van der Waals surface area contributed by atoms with Gasteiger partial charge in [0.2, 0.25) is 5.91 Å². The number of carboxylic acid groups (broad SMARTS) is 1. The average Bonchev–Trinajstić information content (AvgIpc) is 3.01. The van der Waals surface area contributed by atoms with Crippen molar-refractivity contribution >= 4 is 11.9 Å². The lowest BCUT2D eigenvalue weighted by Gasteiger charge is -2.34. The molecule has 2 N–H and O–H groups in total. The Morgan fingerprint density at radius 1 is 1.00 bits per heavy atom. The summed E-state index contributed by atoms with van der Waals surface area (Å²) >= 11 is 0. The molecule has 4 aromatic rings. The van der Waals surface area contributed by atoms with Gasteiger partial charge in [-0.25, -0.2) is 13.2 Å². The molecular formula is C37H35F6N3O5. The summed E-state index contributed by atoms with van der Waals surface area (Å²) in [4.78, 5) is 37.9. The zero-order valence-corrected chi connectivity index (χ0v) is 28.1. The lowest BCUT2D eigenvalue weighted by atomic mass is 9.94. The SMILES string of the molecule is CC(=O)O.Cc1cc(C)c2c(c1)Oc1ccc(F)c(c1)C(n1cc(CCN3CC(F)C3)c(C(F)(F)F)cc1=O)C(=O)NCc1cc-2cc(C)c1F. The third-order valence-corrected chi connectivity index (χ3v) is 8.61. The van der Waals surface area contributed by atoms with Gasteiger partial charge in [-0.3, -0.25) is 23.9 Å². The van der Waals surface area contributed by atoms with E-state index in [0.29, 0.717) is 28.5 Å². The largest absolute Gasteiger partial charge is 0.481 e. The third-order valence-electron chi connectivity index (χ3n) is 8.61. The van der Waals surface area contributed by atoms with Crippen LogP contribution >= 0.6 is 0 Å². The lowest BCUT2D eigenvalue weighted by Crippen LogP contribution is -2.49. The summed E-state index contributed by atoms with van der Waals surface area (Å²) in [5.41, 5.74) is 0.264. The van der Waals surface area contributed by atoms with Crippen LogP contribution in [0, 0.1) is 32.4 Å². The maximum absolute atomic E-state index is 15.7. The van der Waals surface area contributed by atoms with Crippen LogP contribution in [-0.2, 0) is 28.7 Å². The molecule has 4 bridgehead atoms. The summed E-state index contributed by atoms with van der Waals surface area (Å²) < 4.78 is 93.7. The summed E-state index contributed by atoms with van der Waals surface area (Å²) in [6, 6.07) is 9.11. The highest BCUT2D eigenvalue weighted by molar-refractivity contribution is 5.84. The number of hydrogen-bond acceptors (Lipinski definition) is 5. The van der Waals surface area contributed by atoms with Crippen LogP contribution in [0.1, 0.15) is 51.9 Å². The van der Waals surface area contributed by atoms with E-state index in [0.717, 1.165) is 34.9 Å². The molecular weight excluding hydrogens is 680 g/mol. The van der Waals surface area contributed by atoms with Gasteiger partial charge in [0.15, 0.2) is 0 Å². The van der Waals surface area contributed by atoms with Gasteiger partial charge >= 0.3 is 6.18 Å². The number of rotatable bonds is 4. The van der Waals surface area contributed by atoms with E-state index in [4.69, 9.17) is 14.6 Å². The van der Waals surface area contributed by atoms with E-state index in [9.17, 15) is 27.2 Å². The number of hydrogen-bond donors (Lipinski definition) is 2. The number of aryl methyl sites for hydroxylation is 3. The number of alkyl halides is 4. The molecule has 2 aliphatic rings. The predicted molar refractivity (Wildman–Crippen MR) is 177 cm³/mol. The summed E-state index contributed by atoms with van der Waals surface area (Å²) in [7, 11) is 0. The van der Waals surface area contributed by atoms with E-state index < -0.39 is 53.0 Å². The third kappa shape index (κ3) is 8.28. The van der Waals surface area contributed by atoms with Gasteiger partial charge in [0, 0.05) is 62.1 Å². The second-order valence-corrected chi connectivity index (χ2v) is 12.7. The quantitative estimate of drug-likeness (QED) is 0.220. The molecule has 1 fully saturated rings. The topological polar surface area (TPSA) is 101 Å². The predicted octanol–water partition coefficient (Wildman–Crippen LogP) is 7.04. The van der Waals surface area contributed by atoms with Crippen molar-refractivity contribution in [3.8, 4) is 22.6 Å². The van der Waals surface area contributed by atoms with E-state index in [1.807, 2.05) is 19.9 Å². The van der Waals surface area contributed by atoms with E-state index in [2.05, 4.69) is 5.32 Å². The molecule has 270 valence electrons. The fraction of sp³-hybridized carbons (Fsp3) is 0.324. The van der Waals surface area contributed by atoms with Crippen molar-refractivity contribution in [3.63, 3.8) is 0 Å². The van der Waals surface area contributed by atoms with Crippen molar-refractivity contribution in [3.05, 3.63) is 116 Å². The van der Waals surface area contributed by atoms with Crippen LogP contribution in [0.25, 0.3) is 11.1 Å². The van der Waals surface area contributed by atoms with Crippen molar-refractivity contribution in [2.45, 2.75) is 59.1 Å². The first-order chi connectivity index (χ1) is 23.9. The molecule has 3 heterocycles. The highest BCUT2D eigenvalue weighted by atomic mass is 19.4. The molecule has 3 aromatic carbocycles. The average molecular weight is 716 g/mol. The monoisotopic (exact) mass is 715 g/mol. The number of benzene rings is 3. The van der Waals surface area contributed by atoms with E-state index in [1.54, 1.807) is 30.0 Å². The Labute approximate surface area is 289 Å². The van der Waals surface area contributed by atoms with Crippen LogP contribution in [0.5, 0.6) is 11.5 Å². The molecule has 1 aromatic heterocycles. The van der Waals surface area contributed by atoms with Gasteiger partial charge in [-0.15, -0.1) is 0 Å². The number of carboxylic acids is 1. The number of fused-ring (bicyclic) bond motifs is 6. The molecule has 1 saturated heterocycles. The van der Waals surface area contributed by atoms with Gasteiger partial charge in [0.25, 0.3) is 11.5 Å². The number of nitrogens with one attached hydrogen (secondary N) is 1. The maximum Gasteiger partial charge on any atom is 0.416 e. The van der Waals surface area contributed by atoms with Crippen LogP contribution in [0.4, 0.5) is 26.3 Å². The Balaban J connectivity index is 0.00000120. The van der Waals surface area contributed by atoms with Crippen molar-refractivity contribution in [1.29, 1.82) is 0 Å². The molecule has 51 heavy (non-hydrogen) atoms. The number of amides is 1. The Morgan fingerprint density at radius 2 is 1.69 bits per heavy atom. The van der Waals surface area contributed by atoms with Crippen molar-refractivity contribution < 1.29 is 45.8 Å². The van der Waals surface area contributed by atoms with Crippen LogP contribution in [0.15, 0.2) is 59.5 Å². The number of likely N-dealkylation sites (tertiary alicyclic amines) is 1. The number of pyridine rings is 1. The molecule has 0 spiro atoms. The van der Waals surface area contributed by atoms with Gasteiger partial charge in [-0.1, -0.05) is 6.07 Å². The molecule has 0 radical (unpaired) electrons. The van der Waals surface area contributed by atoms with Crippen molar-refractivity contribution in [2.24, 2.45) is 0 Å².